The van der Waals surface area contributed by atoms with Gasteiger partial charge in [-0.2, -0.15) is 0 Å². The first-order valence-electron chi connectivity index (χ1n) is 8.61. The van der Waals surface area contributed by atoms with E-state index >= 15 is 0 Å². The first kappa shape index (κ1) is 16.6. The number of rotatable bonds is 3. The van der Waals surface area contributed by atoms with Gasteiger partial charge in [-0.05, 0) is 46.0 Å². The van der Waals surface area contributed by atoms with Crippen LogP contribution in [0.3, 0.4) is 0 Å². The van der Waals surface area contributed by atoms with E-state index in [4.69, 9.17) is 4.74 Å². The minimum absolute atomic E-state index is 0.165. The number of hydrogen-bond donors (Lipinski definition) is 1. The molecule has 3 unspecified atom stereocenters. The standard InChI is InChI=1S/C17H32N2O2/c1-5-13-7-6-8-14(11-13)18-15-9-10-19(12-15)16(20)21-17(2,3)4/h13-15,18H,5-12H2,1-4H3. The van der Waals surface area contributed by atoms with Crippen LogP contribution in [0.15, 0.2) is 0 Å². The summed E-state index contributed by atoms with van der Waals surface area (Å²) in [6.45, 7) is 9.67. The molecule has 1 amide bonds. The zero-order chi connectivity index (χ0) is 15.5. The van der Waals surface area contributed by atoms with E-state index in [9.17, 15) is 4.79 Å². The third-order valence-corrected chi connectivity index (χ3v) is 4.67. The van der Waals surface area contributed by atoms with Crippen LogP contribution in [0.5, 0.6) is 0 Å². The highest BCUT2D eigenvalue weighted by Gasteiger charge is 2.31. The molecule has 1 aliphatic heterocycles. The van der Waals surface area contributed by atoms with Gasteiger partial charge in [0.2, 0.25) is 0 Å². The molecule has 0 bridgehead atoms. The number of nitrogens with zero attached hydrogens (tertiary/aromatic N) is 1. The lowest BCUT2D eigenvalue weighted by Gasteiger charge is -2.31. The van der Waals surface area contributed by atoms with E-state index in [1.807, 2.05) is 25.7 Å². The monoisotopic (exact) mass is 296 g/mol. The van der Waals surface area contributed by atoms with E-state index in [-0.39, 0.29) is 6.09 Å². The maximum Gasteiger partial charge on any atom is 0.410 e. The first-order valence-corrected chi connectivity index (χ1v) is 8.61. The summed E-state index contributed by atoms with van der Waals surface area (Å²) >= 11 is 0. The highest BCUT2D eigenvalue weighted by molar-refractivity contribution is 5.68. The molecule has 1 saturated heterocycles. The Bertz CT molecular complexity index is 351. The molecule has 2 rings (SSSR count). The van der Waals surface area contributed by atoms with E-state index < -0.39 is 5.60 Å². The molecule has 2 aliphatic rings. The third-order valence-electron chi connectivity index (χ3n) is 4.67. The Morgan fingerprint density at radius 3 is 2.67 bits per heavy atom. The van der Waals surface area contributed by atoms with Gasteiger partial charge in [0, 0.05) is 25.2 Å². The minimum atomic E-state index is -0.402. The Morgan fingerprint density at radius 1 is 1.24 bits per heavy atom. The number of ether oxygens (including phenoxy) is 1. The maximum absolute atomic E-state index is 12.1. The molecule has 2 fully saturated rings. The highest BCUT2D eigenvalue weighted by atomic mass is 16.6. The fourth-order valence-electron chi connectivity index (χ4n) is 3.54. The Labute approximate surface area is 129 Å². The Kier molecular flexibility index (Phi) is 5.53. The molecule has 0 radical (unpaired) electrons. The highest BCUT2D eigenvalue weighted by Crippen LogP contribution is 2.27. The van der Waals surface area contributed by atoms with Crippen LogP contribution in [0.1, 0.15) is 66.2 Å². The van der Waals surface area contributed by atoms with Crippen molar-refractivity contribution in [2.24, 2.45) is 5.92 Å². The molecular formula is C17H32N2O2. The van der Waals surface area contributed by atoms with E-state index in [0.717, 1.165) is 25.4 Å². The number of likely N-dealkylation sites (tertiary alicyclic amines) is 1. The van der Waals surface area contributed by atoms with Crippen molar-refractivity contribution in [1.82, 2.24) is 10.2 Å². The normalized spacial score (nSPS) is 30.5. The summed E-state index contributed by atoms with van der Waals surface area (Å²) in [6.07, 6.45) is 7.52. The van der Waals surface area contributed by atoms with Crippen molar-refractivity contribution in [2.45, 2.75) is 83.9 Å². The van der Waals surface area contributed by atoms with E-state index in [2.05, 4.69) is 12.2 Å². The Hall–Kier alpha value is -0.770. The number of carbonyl (C=O) groups is 1. The van der Waals surface area contributed by atoms with E-state index in [1.165, 1.54) is 32.1 Å². The molecule has 0 aromatic heterocycles. The zero-order valence-corrected chi connectivity index (χ0v) is 14.2. The van der Waals surface area contributed by atoms with Crippen molar-refractivity contribution in [3.05, 3.63) is 0 Å². The quantitative estimate of drug-likeness (QED) is 0.866. The molecule has 0 aromatic carbocycles. The Morgan fingerprint density at radius 2 is 2.00 bits per heavy atom. The van der Waals surface area contributed by atoms with Crippen LogP contribution < -0.4 is 5.32 Å². The molecule has 1 heterocycles. The summed E-state index contributed by atoms with van der Waals surface area (Å²) in [6, 6.07) is 1.09. The predicted octanol–water partition coefficient (Wildman–Crippen LogP) is 3.55. The van der Waals surface area contributed by atoms with Crippen LogP contribution in [0, 0.1) is 5.92 Å². The number of nitrogens with one attached hydrogen (secondary N) is 1. The second kappa shape index (κ2) is 6.99. The lowest BCUT2D eigenvalue weighted by atomic mass is 9.84. The van der Waals surface area contributed by atoms with Crippen LogP contribution in [0.2, 0.25) is 0 Å². The summed E-state index contributed by atoms with van der Waals surface area (Å²) < 4.78 is 5.45. The summed E-state index contributed by atoms with van der Waals surface area (Å²) in [7, 11) is 0. The minimum Gasteiger partial charge on any atom is -0.444 e. The van der Waals surface area contributed by atoms with Crippen molar-refractivity contribution in [2.75, 3.05) is 13.1 Å². The van der Waals surface area contributed by atoms with Crippen LogP contribution in [-0.4, -0.2) is 41.8 Å². The Balaban J connectivity index is 1.76. The maximum atomic E-state index is 12.1. The molecule has 0 aromatic rings. The lowest BCUT2D eigenvalue weighted by Crippen LogP contribution is -2.43. The van der Waals surface area contributed by atoms with Gasteiger partial charge >= 0.3 is 6.09 Å². The predicted molar refractivity (Wildman–Crippen MR) is 85.4 cm³/mol. The van der Waals surface area contributed by atoms with Gasteiger partial charge in [-0.1, -0.05) is 26.2 Å². The lowest BCUT2D eigenvalue weighted by molar-refractivity contribution is 0.0290. The molecule has 3 atom stereocenters. The smallest absolute Gasteiger partial charge is 0.410 e. The average Bonchev–Trinajstić information content (AvgIpc) is 2.85. The second-order valence-electron chi connectivity index (χ2n) is 7.72. The van der Waals surface area contributed by atoms with Crippen molar-refractivity contribution in [3.63, 3.8) is 0 Å². The van der Waals surface area contributed by atoms with Gasteiger partial charge in [-0.15, -0.1) is 0 Å². The summed E-state index contributed by atoms with van der Waals surface area (Å²) in [5, 5.41) is 3.78. The molecule has 4 nitrogen and oxygen atoms in total. The van der Waals surface area contributed by atoms with E-state index in [1.54, 1.807) is 0 Å². The average molecular weight is 296 g/mol. The van der Waals surface area contributed by atoms with Gasteiger partial charge in [0.25, 0.3) is 0 Å². The fraction of sp³-hybridized carbons (Fsp3) is 0.941. The summed E-state index contributed by atoms with van der Waals surface area (Å²) in [4.78, 5) is 13.9. The largest absolute Gasteiger partial charge is 0.444 e. The molecule has 122 valence electrons. The van der Waals surface area contributed by atoms with Crippen molar-refractivity contribution < 1.29 is 9.53 Å². The van der Waals surface area contributed by atoms with Gasteiger partial charge < -0.3 is 15.0 Å². The molecule has 0 spiro atoms. The van der Waals surface area contributed by atoms with Crippen molar-refractivity contribution >= 4 is 6.09 Å². The second-order valence-corrected chi connectivity index (χ2v) is 7.72. The first-order chi connectivity index (χ1) is 9.87. The molecule has 4 heteroatoms. The van der Waals surface area contributed by atoms with Gasteiger partial charge in [-0.25, -0.2) is 4.79 Å². The van der Waals surface area contributed by atoms with Crippen molar-refractivity contribution in [3.8, 4) is 0 Å². The zero-order valence-electron chi connectivity index (χ0n) is 14.2. The van der Waals surface area contributed by atoms with Crippen LogP contribution >= 0.6 is 0 Å². The molecule has 21 heavy (non-hydrogen) atoms. The topological polar surface area (TPSA) is 41.6 Å². The van der Waals surface area contributed by atoms with Crippen molar-refractivity contribution in [1.29, 1.82) is 0 Å². The van der Waals surface area contributed by atoms with Gasteiger partial charge in [-0.3, -0.25) is 0 Å². The molecular weight excluding hydrogens is 264 g/mol. The number of carbonyl (C=O) groups excluding carboxylic acids is 1. The van der Waals surface area contributed by atoms with Crippen LogP contribution in [0.4, 0.5) is 4.79 Å². The molecule has 1 N–H and O–H groups in total. The van der Waals surface area contributed by atoms with E-state index in [0.29, 0.717) is 12.1 Å². The van der Waals surface area contributed by atoms with Crippen LogP contribution in [0.25, 0.3) is 0 Å². The number of hydrogen-bond acceptors (Lipinski definition) is 3. The van der Waals surface area contributed by atoms with Gasteiger partial charge in [0.05, 0.1) is 0 Å². The number of amides is 1. The third kappa shape index (κ3) is 5.17. The van der Waals surface area contributed by atoms with Crippen LogP contribution in [-0.2, 0) is 4.74 Å². The summed E-state index contributed by atoms with van der Waals surface area (Å²) in [5.74, 6) is 0.889. The van der Waals surface area contributed by atoms with Gasteiger partial charge in [0.15, 0.2) is 0 Å². The molecule has 1 aliphatic carbocycles. The SMILES string of the molecule is CCC1CCCC(NC2CCN(C(=O)OC(C)(C)C)C2)C1. The summed E-state index contributed by atoms with van der Waals surface area (Å²) in [5.41, 5.74) is -0.402. The van der Waals surface area contributed by atoms with Gasteiger partial charge in [0.1, 0.15) is 5.60 Å². The molecule has 1 saturated carbocycles. The fourth-order valence-corrected chi connectivity index (χ4v) is 3.54.